The van der Waals surface area contributed by atoms with Crippen LogP contribution in [-0.4, -0.2) is 62.7 Å². The molecule has 0 saturated carbocycles. The molecule has 8 nitrogen and oxygen atoms in total. The maximum Gasteiger partial charge on any atom is 0.340 e. The number of carbonyl (C=O) groups excluding carboxylic acids is 1. The van der Waals surface area contributed by atoms with Crippen molar-refractivity contribution in [3.05, 3.63) is 23.8 Å². The van der Waals surface area contributed by atoms with E-state index in [1.807, 2.05) is 0 Å². The Kier molecular flexibility index (Phi) is 4.09. The van der Waals surface area contributed by atoms with E-state index in [0.29, 0.717) is 0 Å². The molecule has 0 aromatic heterocycles. The molecule has 1 heterocycles. The largest absolute Gasteiger partial charge is 0.504 e. The summed E-state index contributed by atoms with van der Waals surface area (Å²) < 4.78 is 9.73. The van der Waals surface area contributed by atoms with Crippen molar-refractivity contribution in [2.75, 3.05) is 6.61 Å². The first-order chi connectivity index (χ1) is 9.40. The molecule has 1 aromatic rings. The van der Waals surface area contributed by atoms with Gasteiger partial charge in [-0.15, -0.1) is 0 Å². The van der Waals surface area contributed by atoms with Crippen LogP contribution in [0, 0.1) is 0 Å². The van der Waals surface area contributed by atoms with Gasteiger partial charge in [-0.3, -0.25) is 0 Å². The number of ether oxygens (including phenoxy) is 2. The number of carbonyl (C=O) groups is 1. The molecule has 1 aliphatic rings. The predicted octanol–water partition coefficient (Wildman–Crippen LogP) is -1.31. The van der Waals surface area contributed by atoms with Crippen molar-refractivity contribution >= 4 is 5.97 Å². The van der Waals surface area contributed by atoms with Gasteiger partial charge in [0.15, 0.2) is 11.5 Å². The number of aliphatic hydroxyl groups excluding tert-OH is 3. The van der Waals surface area contributed by atoms with Gasteiger partial charge < -0.3 is 35.0 Å². The van der Waals surface area contributed by atoms with Crippen LogP contribution in [-0.2, 0) is 9.47 Å². The summed E-state index contributed by atoms with van der Waals surface area (Å²) in [5, 5.41) is 46.7. The smallest absolute Gasteiger partial charge is 0.340 e. The van der Waals surface area contributed by atoms with E-state index >= 15 is 0 Å². The van der Waals surface area contributed by atoms with Crippen LogP contribution in [0.15, 0.2) is 18.2 Å². The fraction of sp³-hybridized carbons (Fsp3) is 0.417. The normalized spacial score (nSPS) is 29.9. The van der Waals surface area contributed by atoms with Gasteiger partial charge in [0.25, 0.3) is 0 Å². The zero-order valence-electron chi connectivity index (χ0n) is 10.2. The maximum atomic E-state index is 11.8. The number of aliphatic hydroxyl groups is 3. The highest BCUT2D eigenvalue weighted by molar-refractivity contribution is 5.90. The lowest BCUT2D eigenvalue weighted by atomic mass is 10.1. The lowest BCUT2D eigenvalue weighted by molar-refractivity contribution is -0.251. The lowest BCUT2D eigenvalue weighted by Gasteiger charge is -2.34. The van der Waals surface area contributed by atoms with E-state index in [2.05, 4.69) is 0 Å². The van der Waals surface area contributed by atoms with E-state index in [-0.39, 0.29) is 12.2 Å². The van der Waals surface area contributed by atoms with Gasteiger partial charge in [-0.25, -0.2) is 4.79 Å². The fourth-order valence-electron chi connectivity index (χ4n) is 1.71. The van der Waals surface area contributed by atoms with E-state index in [1.165, 1.54) is 6.07 Å². The minimum absolute atomic E-state index is 0.0725. The van der Waals surface area contributed by atoms with Gasteiger partial charge in [-0.1, -0.05) is 0 Å². The van der Waals surface area contributed by atoms with Gasteiger partial charge in [0.2, 0.25) is 6.29 Å². The van der Waals surface area contributed by atoms with Crippen molar-refractivity contribution in [3.8, 4) is 11.5 Å². The van der Waals surface area contributed by atoms with Crippen LogP contribution >= 0.6 is 0 Å². The molecular weight excluding hydrogens is 272 g/mol. The number of benzene rings is 1. The van der Waals surface area contributed by atoms with Crippen molar-refractivity contribution in [1.82, 2.24) is 0 Å². The maximum absolute atomic E-state index is 11.8. The average Bonchev–Trinajstić information content (AvgIpc) is 2.42. The van der Waals surface area contributed by atoms with Crippen LogP contribution in [0.5, 0.6) is 11.5 Å². The van der Waals surface area contributed by atoms with Gasteiger partial charge in [-0.05, 0) is 18.2 Å². The molecule has 8 heteroatoms. The number of rotatable bonds is 2. The summed E-state index contributed by atoms with van der Waals surface area (Å²) in [5.74, 6) is -1.82. The van der Waals surface area contributed by atoms with Crippen molar-refractivity contribution in [2.24, 2.45) is 0 Å². The minimum atomic E-state index is -1.59. The standard InChI is InChI=1S/C12H14O8/c13-6-2-1-5(3-7(6)14)11(18)20-12-10(17)9(16)8(15)4-19-12/h1-3,8-10,12-17H,4H2/t8-,9-,10-,12+/m0/s1. The zero-order chi connectivity index (χ0) is 14.9. The summed E-state index contributed by atoms with van der Waals surface area (Å²) in [4.78, 5) is 11.8. The van der Waals surface area contributed by atoms with Gasteiger partial charge in [-0.2, -0.15) is 0 Å². The zero-order valence-corrected chi connectivity index (χ0v) is 10.2. The molecule has 0 radical (unpaired) electrons. The Hall–Kier alpha value is -1.87. The molecule has 0 unspecified atom stereocenters. The van der Waals surface area contributed by atoms with Crippen molar-refractivity contribution in [3.63, 3.8) is 0 Å². The molecule has 0 bridgehead atoms. The number of hydrogen-bond donors (Lipinski definition) is 5. The molecule has 1 saturated heterocycles. The monoisotopic (exact) mass is 286 g/mol. The molecule has 110 valence electrons. The third-order valence-electron chi connectivity index (χ3n) is 2.89. The van der Waals surface area contributed by atoms with Gasteiger partial charge in [0, 0.05) is 0 Å². The van der Waals surface area contributed by atoms with Gasteiger partial charge in [0.05, 0.1) is 12.2 Å². The Morgan fingerprint density at radius 1 is 1.15 bits per heavy atom. The lowest BCUT2D eigenvalue weighted by Crippen LogP contribution is -2.54. The van der Waals surface area contributed by atoms with Gasteiger partial charge >= 0.3 is 5.97 Å². The Labute approximate surface area is 113 Å². The first-order valence-corrected chi connectivity index (χ1v) is 5.79. The third-order valence-corrected chi connectivity index (χ3v) is 2.89. The van der Waals surface area contributed by atoms with E-state index in [4.69, 9.17) is 14.6 Å². The molecule has 0 aliphatic carbocycles. The highest BCUT2D eigenvalue weighted by Gasteiger charge is 2.39. The Morgan fingerprint density at radius 2 is 1.85 bits per heavy atom. The van der Waals surface area contributed by atoms with Crippen LogP contribution in [0.3, 0.4) is 0 Å². The minimum Gasteiger partial charge on any atom is -0.504 e. The first kappa shape index (κ1) is 14.5. The molecule has 5 N–H and O–H groups in total. The van der Waals surface area contributed by atoms with E-state index in [1.54, 1.807) is 0 Å². The van der Waals surface area contributed by atoms with Crippen LogP contribution in [0.4, 0.5) is 0 Å². The van der Waals surface area contributed by atoms with E-state index in [0.717, 1.165) is 12.1 Å². The molecule has 20 heavy (non-hydrogen) atoms. The third kappa shape index (κ3) is 2.83. The number of hydrogen-bond acceptors (Lipinski definition) is 8. The molecule has 1 aromatic carbocycles. The highest BCUT2D eigenvalue weighted by atomic mass is 16.7. The molecule has 0 spiro atoms. The molecule has 4 atom stereocenters. The number of phenols is 2. The summed E-state index contributed by atoms with van der Waals surface area (Å²) in [6.45, 7) is -0.295. The SMILES string of the molecule is O=C(O[C@H]1OC[C@H](O)[C@H](O)[C@@H]1O)c1ccc(O)c(O)c1. The van der Waals surface area contributed by atoms with Crippen LogP contribution in [0.2, 0.25) is 0 Å². The molecule has 1 aliphatic heterocycles. The van der Waals surface area contributed by atoms with E-state index in [9.17, 15) is 25.2 Å². The average molecular weight is 286 g/mol. The number of esters is 1. The van der Waals surface area contributed by atoms with Crippen molar-refractivity contribution < 1.29 is 39.8 Å². The molecule has 2 rings (SSSR count). The Morgan fingerprint density at radius 3 is 2.50 bits per heavy atom. The molecule has 0 amide bonds. The summed E-state index contributed by atoms with van der Waals surface area (Å²) >= 11 is 0. The molecule has 1 fully saturated rings. The summed E-state index contributed by atoms with van der Waals surface area (Å²) in [6, 6.07) is 3.29. The second-order valence-electron chi connectivity index (χ2n) is 4.36. The summed E-state index contributed by atoms with van der Waals surface area (Å²) in [7, 11) is 0. The number of aromatic hydroxyl groups is 2. The van der Waals surface area contributed by atoms with Crippen LogP contribution in [0.25, 0.3) is 0 Å². The number of phenolic OH excluding ortho intramolecular Hbond substituents is 2. The van der Waals surface area contributed by atoms with Crippen LogP contribution < -0.4 is 0 Å². The van der Waals surface area contributed by atoms with Crippen molar-refractivity contribution in [2.45, 2.75) is 24.6 Å². The molecular formula is C12H14O8. The second kappa shape index (κ2) is 5.63. The van der Waals surface area contributed by atoms with E-state index < -0.39 is 42.1 Å². The van der Waals surface area contributed by atoms with Gasteiger partial charge in [0.1, 0.15) is 18.3 Å². The summed E-state index contributed by atoms with van der Waals surface area (Å²) in [5.41, 5.74) is -0.0725. The predicted molar refractivity (Wildman–Crippen MR) is 62.9 cm³/mol. The van der Waals surface area contributed by atoms with Crippen LogP contribution in [0.1, 0.15) is 10.4 Å². The van der Waals surface area contributed by atoms with Crippen molar-refractivity contribution in [1.29, 1.82) is 0 Å². The quantitative estimate of drug-likeness (QED) is 0.334. The first-order valence-electron chi connectivity index (χ1n) is 5.79. The fourth-order valence-corrected chi connectivity index (χ4v) is 1.71. The summed E-state index contributed by atoms with van der Waals surface area (Å²) in [6.07, 6.45) is -5.78. The Bertz CT molecular complexity index is 502. The second-order valence-corrected chi connectivity index (χ2v) is 4.36. The Balaban J connectivity index is 2.06. The highest BCUT2D eigenvalue weighted by Crippen LogP contribution is 2.26. The topological polar surface area (TPSA) is 137 Å².